The van der Waals surface area contributed by atoms with Crippen LogP contribution in [0.1, 0.15) is 23.2 Å². The standard InChI is InChI=1S/C22H26N4O4/c1-24-21(27)12-17-11-16(3-4-18(17)23-24)22(28)26-8-6-25(7-9-26)13-15-2-5-19-20(10-15)30-14-29-19/h2,5,10,12,16H,3-4,6-9,11,13-14H2,1H3/t16-/m1/s1. The lowest BCUT2D eigenvalue weighted by atomic mass is 9.86. The van der Waals surface area contributed by atoms with Crippen LogP contribution < -0.4 is 15.0 Å². The molecule has 0 spiro atoms. The lowest BCUT2D eigenvalue weighted by Gasteiger charge is -2.37. The van der Waals surface area contributed by atoms with Crippen molar-refractivity contribution in [1.82, 2.24) is 19.6 Å². The Balaban J connectivity index is 1.17. The van der Waals surface area contributed by atoms with Crippen LogP contribution in [-0.4, -0.2) is 58.5 Å². The monoisotopic (exact) mass is 410 g/mol. The van der Waals surface area contributed by atoms with Gasteiger partial charge in [0.25, 0.3) is 5.56 Å². The molecule has 0 saturated carbocycles. The van der Waals surface area contributed by atoms with Gasteiger partial charge >= 0.3 is 0 Å². The Morgan fingerprint density at radius 3 is 2.77 bits per heavy atom. The average molecular weight is 410 g/mol. The summed E-state index contributed by atoms with van der Waals surface area (Å²) in [5, 5.41) is 4.35. The first-order valence-corrected chi connectivity index (χ1v) is 10.5. The number of aromatic nitrogens is 2. The number of benzene rings is 1. The minimum absolute atomic E-state index is 0.0492. The molecule has 1 aromatic heterocycles. The quantitative estimate of drug-likeness (QED) is 0.750. The van der Waals surface area contributed by atoms with Gasteiger partial charge in [0.1, 0.15) is 0 Å². The van der Waals surface area contributed by atoms with E-state index in [2.05, 4.69) is 16.1 Å². The van der Waals surface area contributed by atoms with E-state index >= 15 is 0 Å². The molecule has 0 N–H and O–H groups in total. The largest absolute Gasteiger partial charge is 0.454 e. The van der Waals surface area contributed by atoms with E-state index in [1.165, 1.54) is 10.2 Å². The van der Waals surface area contributed by atoms with E-state index in [-0.39, 0.29) is 24.2 Å². The third-order valence-electron chi connectivity index (χ3n) is 6.33. The zero-order valence-electron chi connectivity index (χ0n) is 17.2. The lowest BCUT2D eigenvalue weighted by molar-refractivity contribution is -0.137. The van der Waals surface area contributed by atoms with Gasteiger partial charge in [-0.15, -0.1) is 0 Å². The number of hydrogen-bond donors (Lipinski definition) is 0. The van der Waals surface area contributed by atoms with Crippen LogP contribution in [0.15, 0.2) is 29.1 Å². The van der Waals surface area contributed by atoms with Crippen molar-refractivity contribution in [2.45, 2.75) is 25.8 Å². The maximum atomic E-state index is 13.1. The van der Waals surface area contributed by atoms with Crippen LogP contribution in [0.3, 0.4) is 0 Å². The fourth-order valence-corrected chi connectivity index (χ4v) is 4.58. The number of hydrogen-bond acceptors (Lipinski definition) is 6. The normalized spacial score (nSPS) is 20.8. The SMILES string of the molecule is Cn1nc2c(cc1=O)C[C@H](C(=O)N1CCN(Cc3ccc4c(c3)OCO4)CC1)CC2. The van der Waals surface area contributed by atoms with Gasteiger partial charge in [-0.25, -0.2) is 4.68 Å². The van der Waals surface area contributed by atoms with Gasteiger partial charge in [-0.05, 0) is 42.5 Å². The number of carbonyl (C=O) groups is 1. The number of carbonyl (C=O) groups excluding carboxylic acids is 1. The Morgan fingerprint density at radius 2 is 1.93 bits per heavy atom. The molecular weight excluding hydrogens is 384 g/mol. The molecule has 3 heterocycles. The van der Waals surface area contributed by atoms with E-state index in [9.17, 15) is 9.59 Å². The van der Waals surface area contributed by atoms with Crippen molar-refractivity contribution in [2.75, 3.05) is 33.0 Å². The van der Waals surface area contributed by atoms with Gasteiger partial charge in [0.2, 0.25) is 12.7 Å². The first kappa shape index (κ1) is 19.1. The second-order valence-electron chi connectivity index (χ2n) is 8.31. The van der Waals surface area contributed by atoms with Crippen LogP contribution in [0.2, 0.25) is 0 Å². The summed E-state index contributed by atoms with van der Waals surface area (Å²) in [6.07, 6.45) is 2.17. The average Bonchev–Trinajstić information content (AvgIpc) is 3.22. The molecule has 5 rings (SSSR count). The van der Waals surface area contributed by atoms with Gasteiger partial charge in [0, 0.05) is 51.8 Å². The summed E-state index contributed by atoms with van der Waals surface area (Å²) in [7, 11) is 1.67. The third-order valence-corrected chi connectivity index (χ3v) is 6.33. The molecule has 2 aliphatic heterocycles. The maximum Gasteiger partial charge on any atom is 0.266 e. The van der Waals surface area contributed by atoms with E-state index in [1.54, 1.807) is 13.1 Å². The Morgan fingerprint density at radius 1 is 1.13 bits per heavy atom. The third kappa shape index (κ3) is 3.67. The molecule has 1 saturated heterocycles. The summed E-state index contributed by atoms with van der Waals surface area (Å²) >= 11 is 0. The van der Waals surface area contributed by atoms with Crippen LogP contribution in [0.4, 0.5) is 0 Å². The molecule has 1 aliphatic carbocycles. The predicted octanol–water partition coefficient (Wildman–Crippen LogP) is 0.958. The van der Waals surface area contributed by atoms with Crippen LogP contribution in [0, 0.1) is 5.92 Å². The highest BCUT2D eigenvalue weighted by molar-refractivity contribution is 5.79. The molecule has 0 bridgehead atoms. The molecule has 1 fully saturated rings. The zero-order chi connectivity index (χ0) is 20.7. The van der Waals surface area contributed by atoms with E-state index in [0.29, 0.717) is 6.42 Å². The van der Waals surface area contributed by atoms with Crippen molar-refractivity contribution in [3.63, 3.8) is 0 Å². The summed E-state index contributed by atoms with van der Waals surface area (Å²) in [6, 6.07) is 7.71. The summed E-state index contributed by atoms with van der Waals surface area (Å²) in [5.41, 5.74) is 2.97. The second-order valence-corrected chi connectivity index (χ2v) is 8.31. The van der Waals surface area contributed by atoms with Crippen LogP contribution in [0.5, 0.6) is 11.5 Å². The van der Waals surface area contributed by atoms with Gasteiger partial charge in [0.15, 0.2) is 11.5 Å². The maximum absolute atomic E-state index is 13.1. The molecule has 3 aliphatic rings. The number of amides is 1. The van der Waals surface area contributed by atoms with Crippen LogP contribution >= 0.6 is 0 Å². The van der Waals surface area contributed by atoms with E-state index in [0.717, 1.165) is 68.3 Å². The van der Waals surface area contributed by atoms with E-state index < -0.39 is 0 Å². The predicted molar refractivity (Wildman–Crippen MR) is 109 cm³/mol. The van der Waals surface area contributed by atoms with E-state index in [1.807, 2.05) is 17.0 Å². The summed E-state index contributed by atoms with van der Waals surface area (Å²) < 4.78 is 12.2. The van der Waals surface area contributed by atoms with Gasteiger partial charge in [-0.2, -0.15) is 5.10 Å². The molecule has 8 heteroatoms. The van der Waals surface area contributed by atoms with Crippen LogP contribution in [-0.2, 0) is 31.2 Å². The number of fused-ring (bicyclic) bond motifs is 2. The molecular formula is C22H26N4O4. The topological polar surface area (TPSA) is 76.9 Å². The number of rotatable bonds is 3. The van der Waals surface area contributed by atoms with Crippen molar-refractivity contribution in [3.8, 4) is 11.5 Å². The summed E-state index contributed by atoms with van der Waals surface area (Å²) in [6.45, 7) is 4.31. The highest BCUT2D eigenvalue weighted by Crippen LogP contribution is 2.33. The minimum Gasteiger partial charge on any atom is -0.454 e. The molecule has 1 atom stereocenters. The summed E-state index contributed by atoms with van der Waals surface area (Å²) in [5.74, 6) is 1.77. The molecule has 1 amide bonds. The molecule has 158 valence electrons. The molecule has 8 nitrogen and oxygen atoms in total. The van der Waals surface area contributed by atoms with Gasteiger partial charge in [-0.3, -0.25) is 14.5 Å². The fraction of sp³-hybridized carbons (Fsp3) is 0.500. The molecule has 0 radical (unpaired) electrons. The molecule has 0 unspecified atom stereocenters. The second kappa shape index (κ2) is 7.75. The Labute approximate surface area is 175 Å². The zero-order valence-corrected chi connectivity index (χ0v) is 17.2. The van der Waals surface area contributed by atoms with E-state index in [4.69, 9.17) is 9.47 Å². The highest BCUT2D eigenvalue weighted by atomic mass is 16.7. The number of piperazine rings is 1. The van der Waals surface area contributed by atoms with Crippen molar-refractivity contribution >= 4 is 5.91 Å². The first-order chi connectivity index (χ1) is 14.6. The van der Waals surface area contributed by atoms with Crippen molar-refractivity contribution in [1.29, 1.82) is 0 Å². The van der Waals surface area contributed by atoms with Crippen molar-refractivity contribution in [3.05, 3.63) is 51.4 Å². The van der Waals surface area contributed by atoms with Crippen LogP contribution in [0.25, 0.3) is 0 Å². The summed E-state index contributed by atoms with van der Waals surface area (Å²) in [4.78, 5) is 29.3. The fourth-order valence-electron chi connectivity index (χ4n) is 4.58. The minimum atomic E-state index is -0.112. The van der Waals surface area contributed by atoms with Crippen molar-refractivity contribution < 1.29 is 14.3 Å². The lowest BCUT2D eigenvalue weighted by Crippen LogP contribution is -2.50. The van der Waals surface area contributed by atoms with Gasteiger partial charge < -0.3 is 14.4 Å². The number of nitrogens with zero attached hydrogens (tertiary/aromatic N) is 4. The Hall–Kier alpha value is -2.87. The van der Waals surface area contributed by atoms with Crippen molar-refractivity contribution in [2.24, 2.45) is 13.0 Å². The Bertz CT molecular complexity index is 1030. The highest BCUT2D eigenvalue weighted by Gasteiger charge is 2.31. The first-order valence-electron chi connectivity index (χ1n) is 10.5. The van der Waals surface area contributed by atoms with Gasteiger partial charge in [-0.1, -0.05) is 6.07 Å². The van der Waals surface area contributed by atoms with Gasteiger partial charge in [0.05, 0.1) is 5.69 Å². The Kier molecular flexibility index (Phi) is 4.94. The number of aryl methyl sites for hydroxylation is 2. The molecule has 1 aromatic carbocycles. The number of ether oxygens (including phenoxy) is 2. The molecule has 2 aromatic rings. The smallest absolute Gasteiger partial charge is 0.266 e. The molecule has 30 heavy (non-hydrogen) atoms.